The second kappa shape index (κ2) is 10.2. The lowest BCUT2D eigenvalue weighted by molar-refractivity contribution is 0.0988. The van der Waals surface area contributed by atoms with Crippen molar-refractivity contribution in [3.05, 3.63) is 58.3 Å². The highest BCUT2D eigenvalue weighted by Crippen LogP contribution is 2.29. The Bertz CT molecular complexity index is 681. The Balaban J connectivity index is 1.54. The summed E-state index contributed by atoms with van der Waals surface area (Å²) in [5.74, 6) is 0. The number of piperazine rings is 1. The first-order valence-corrected chi connectivity index (χ1v) is 11.0. The van der Waals surface area contributed by atoms with Gasteiger partial charge in [0.25, 0.3) is 0 Å². The lowest BCUT2D eigenvalue weighted by Crippen LogP contribution is -2.52. The van der Waals surface area contributed by atoms with Crippen molar-refractivity contribution in [1.82, 2.24) is 20.4 Å². The lowest BCUT2D eigenvalue weighted by atomic mass is 10.1. The molecule has 0 unspecified atom stereocenters. The molecule has 2 heterocycles. The van der Waals surface area contributed by atoms with Crippen LogP contribution in [0.1, 0.15) is 23.4 Å². The topological polar surface area (TPSA) is 30.5 Å². The SMILES string of the molecule is C[C@@H](NC(=S)NCCc1ccccc1)[C@@H](c1cccs1)N1CCN(C)CC1. The fourth-order valence-electron chi connectivity index (χ4n) is 3.60. The Morgan fingerprint density at radius 1 is 1.11 bits per heavy atom. The molecule has 2 atom stereocenters. The van der Waals surface area contributed by atoms with E-state index in [0.717, 1.165) is 44.3 Å². The molecule has 1 aromatic heterocycles. The quantitative estimate of drug-likeness (QED) is 0.695. The summed E-state index contributed by atoms with van der Waals surface area (Å²) < 4.78 is 0. The number of likely N-dealkylation sites (N-methyl/N-ethyl adjacent to an activating group) is 1. The van der Waals surface area contributed by atoms with Crippen LogP contribution in [0.3, 0.4) is 0 Å². The number of hydrogen-bond acceptors (Lipinski definition) is 4. The van der Waals surface area contributed by atoms with Crippen LogP contribution in [0, 0.1) is 0 Å². The van der Waals surface area contributed by atoms with Crippen LogP contribution >= 0.6 is 23.6 Å². The summed E-state index contributed by atoms with van der Waals surface area (Å²) in [5, 5.41) is 9.82. The van der Waals surface area contributed by atoms with Gasteiger partial charge in [0, 0.05) is 43.6 Å². The number of nitrogens with zero attached hydrogens (tertiary/aromatic N) is 2. The Morgan fingerprint density at radius 2 is 1.85 bits per heavy atom. The molecule has 1 saturated heterocycles. The Labute approximate surface area is 172 Å². The molecule has 2 N–H and O–H groups in total. The third-order valence-electron chi connectivity index (χ3n) is 5.14. The van der Waals surface area contributed by atoms with Crippen molar-refractivity contribution < 1.29 is 0 Å². The number of nitrogens with one attached hydrogen (secondary N) is 2. The molecule has 146 valence electrons. The predicted octanol–water partition coefficient (Wildman–Crippen LogP) is 3.13. The van der Waals surface area contributed by atoms with Crippen LogP contribution in [0.5, 0.6) is 0 Å². The van der Waals surface area contributed by atoms with Crippen molar-refractivity contribution in [2.75, 3.05) is 39.8 Å². The summed E-state index contributed by atoms with van der Waals surface area (Å²) in [4.78, 5) is 6.40. The van der Waals surface area contributed by atoms with E-state index >= 15 is 0 Å². The minimum Gasteiger partial charge on any atom is -0.362 e. The number of thiocarbonyl (C=S) groups is 1. The average molecular weight is 403 g/mol. The van der Waals surface area contributed by atoms with Gasteiger partial charge in [-0.3, -0.25) is 4.90 Å². The van der Waals surface area contributed by atoms with Gasteiger partial charge in [0.1, 0.15) is 0 Å². The Kier molecular flexibility index (Phi) is 7.64. The van der Waals surface area contributed by atoms with Crippen LogP contribution in [0.25, 0.3) is 0 Å². The Hall–Kier alpha value is -1.47. The van der Waals surface area contributed by atoms with Crippen LogP contribution in [0.15, 0.2) is 47.8 Å². The van der Waals surface area contributed by atoms with Gasteiger partial charge in [0.15, 0.2) is 5.11 Å². The fraction of sp³-hybridized carbons (Fsp3) is 0.476. The van der Waals surface area contributed by atoms with Crippen LogP contribution in [0.4, 0.5) is 0 Å². The first-order valence-electron chi connectivity index (χ1n) is 9.68. The van der Waals surface area contributed by atoms with Gasteiger partial charge in [-0.2, -0.15) is 0 Å². The molecule has 27 heavy (non-hydrogen) atoms. The number of rotatable bonds is 7. The molecule has 0 aliphatic carbocycles. The number of hydrogen-bond donors (Lipinski definition) is 2. The summed E-state index contributed by atoms with van der Waals surface area (Å²) >= 11 is 7.41. The molecule has 0 radical (unpaired) electrons. The zero-order chi connectivity index (χ0) is 19.1. The van der Waals surface area contributed by atoms with E-state index in [1.807, 2.05) is 17.4 Å². The Morgan fingerprint density at radius 3 is 2.52 bits per heavy atom. The van der Waals surface area contributed by atoms with Gasteiger partial charge >= 0.3 is 0 Å². The first-order chi connectivity index (χ1) is 13.1. The van der Waals surface area contributed by atoms with Gasteiger partial charge in [0.2, 0.25) is 0 Å². The van der Waals surface area contributed by atoms with Crippen molar-refractivity contribution in [2.24, 2.45) is 0 Å². The standard InChI is InChI=1S/C21H30N4S2/c1-17(23-21(26)22-11-10-18-7-4-3-5-8-18)20(19-9-6-16-27-19)25-14-12-24(2)13-15-25/h3-9,16-17,20H,10-15H2,1-2H3,(H2,22,23,26)/t17-,20+/m1/s1. The molecule has 2 aromatic rings. The summed E-state index contributed by atoms with van der Waals surface area (Å²) in [5.41, 5.74) is 1.33. The van der Waals surface area contributed by atoms with Crippen LogP contribution in [-0.2, 0) is 6.42 Å². The average Bonchev–Trinajstić information content (AvgIpc) is 3.18. The molecule has 1 aliphatic rings. The normalized spacial score (nSPS) is 18.0. The van der Waals surface area contributed by atoms with Crippen molar-refractivity contribution >= 4 is 28.7 Å². The van der Waals surface area contributed by atoms with E-state index < -0.39 is 0 Å². The van der Waals surface area contributed by atoms with Crippen LogP contribution in [-0.4, -0.2) is 60.7 Å². The smallest absolute Gasteiger partial charge is 0.166 e. The molecule has 1 aromatic carbocycles. The molecule has 0 saturated carbocycles. The second-order valence-electron chi connectivity index (χ2n) is 7.22. The summed E-state index contributed by atoms with van der Waals surface area (Å²) in [6.07, 6.45) is 0.976. The molecular formula is C21H30N4S2. The molecule has 1 fully saturated rings. The van der Waals surface area contributed by atoms with Crippen molar-refractivity contribution in [3.63, 3.8) is 0 Å². The maximum atomic E-state index is 5.57. The van der Waals surface area contributed by atoms with E-state index in [1.54, 1.807) is 0 Å². The molecular weight excluding hydrogens is 372 g/mol. The van der Waals surface area contributed by atoms with E-state index in [9.17, 15) is 0 Å². The number of benzene rings is 1. The van der Waals surface area contributed by atoms with E-state index in [-0.39, 0.29) is 6.04 Å². The molecule has 6 heteroatoms. The fourth-order valence-corrected chi connectivity index (χ4v) is 4.86. The highest BCUT2D eigenvalue weighted by molar-refractivity contribution is 7.80. The molecule has 0 amide bonds. The van der Waals surface area contributed by atoms with E-state index in [4.69, 9.17) is 12.2 Å². The summed E-state index contributed by atoms with van der Waals surface area (Å²) in [7, 11) is 2.20. The predicted molar refractivity (Wildman–Crippen MR) is 119 cm³/mol. The van der Waals surface area contributed by atoms with Crippen molar-refractivity contribution in [1.29, 1.82) is 0 Å². The zero-order valence-corrected chi connectivity index (χ0v) is 17.9. The van der Waals surface area contributed by atoms with Gasteiger partial charge in [-0.1, -0.05) is 36.4 Å². The highest BCUT2D eigenvalue weighted by Gasteiger charge is 2.29. The number of thiophene rings is 1. The zero-order valence-electron chi connectivity index (χ0n) is 16.2. The summed E-state index contributed by atoms with van der Waals surface area (Å²) in [6, 6.07) is 15.5. The minimum absolute atomic E-state index is 0.254. The minimum atomic E-state index is 0.254. The van der Waals surface area contributed by atoms with Gasteiger partial charge in [-0.25, -0.2) is 0 Å². The second-order valence-corrected chi connectivity index (χ2v) is 8.61. The third-order valence-corrected chi connectivity index (χ3v) is 6.35. The lowest BCUT2D eigenvalue weighted by Gasteiger charge is -2.40. The third kappa shape index (κ3) is 6.01. The molecule has 3 rings (SSSR count). The molecule has 1 aliphatic heterocycles. The highest BCUT2D eigenvalue weighted by atomic mass is 32.1. The largest absolute Gasteiger partial charge is 0.362 e. The van der Waals surface area contributed by atoms with Crippen molar-refractivity contribution in [3.8, 4) is 0 Å². The molecule has 0 bridgehead atoms. The van der Waals surface area contributed by atoms with Crippen LogP contribution < -0.4 is 10.6 Å². The van der Waals surface area contributed by atoms with Gasteiger partial charge in [-0.15, -0.1) is 11.3 Å². The van der Waals surface area contributed by atoms with Crippen molar-refractivity contribution in [2.45, 2.75) is 25.4 Å². The van der Waals surface area contributed by atoms with Crippen LogP contribution in [0.2, 0.25) is 0 Å². The van der Waals surface area contributed by atoms with Gasteiger partial charge < -0.3 is 15.5 Å². The molecule has 0 spiro atoms. The van der Waals surface area contributed by atoms with E-state index in [0.29, 0.717) is 6.04 Å². The summed E-state index contributed by atoms with van der Waals surface area (Å²) in [6.45, 7) is 7.52. The maximum absolute atomic E-state index is 5.57. The van der Waals surface area contributed by atoms with E-state index in [2.05, 4.69) is 76.2 Å². The maximum Gasteiger partial charge on any atom is 0.166 e. The van der Waals surface area contributed by atoms with Gasteiger partial charge in [-0.05, 0) is 49.6 Å². The first kappa shape index (κ1) is 20.3. The van der Waals surface area contributed by atoms with Gasteiger partial charge in [0.05, 0.1) is 6.04 Å². The monoisotopic (exact) mass is 402 g/mol. The molecule has 4 nitrogen and oxygen atoms in total. The van der Waals surface area contributed by atoms with E-state index in [1.165, 1.54) is 10.4 Å².